The second-order valence-electron chi connectivity index (χ2n) is 8.38. The zero-order chi connectivity index (χ0) is 24.7. The third-order valence-corrected chi connectivity index (χ3v) is 5.44. The second kappa shape index (κ2) is 11.3. The molecule has 34 heavy (non-hydrogen) atoms. The minimum Gasteiger partial charge on any atom is -0.447 e. The molecule has 182 valence electrons. The summed E-state index contributed by atoms with van der Waals surface area (Å²) in [7, 11) is 3.82. The number of rotatable bonds is 10. The zero-order valence-corrected chi connectivity index (χ0v) is 19.5. The lowest BCUT2D eigenvalue weighted by molar-refractivity contribution is -0.137. The van der Waals surface area contributed by atoms with Gasteiger partial charge in [0.15, 0.2) is 5.69 Å². The number of carbonyl (C=O) groups is 1. The van der Waals surface area contributed by atoms with Crippen LogP contribution in [0.1, 0.15) is 46.0 Å². The van der Waals surface area contributed by atoms with Crippen molar-refractivity contribution in [3.63, 3.8) is 0 Å². The Bertz CT molecular complexity index is 1070. The number of hydrogen-bond acceptors (Lipinski definition) is 5. The maximum atomic E-state index is 13.2. The Balaban J connectivity index is 1.79. The SMILES string of the molecule is CC(c1ccccc1)N(Cc1cccc(C(F)(F)F)c1)Cc1nc(C(=O)NCCN(C)C)co1. The number of likely N-dealkylation sites (N-methyl/N-ethyl adjacent to an activating group) is 1. The molecule has 2 aromatic carbocycles. The van der Waals surface area contributed by atoms with Crippen molar-refractivity contribution in [3.05, 3.63) is 89.1 Å². The van der Waals surface area contributed by atoms with Crippen LogP contribution in [-0.2, 0) is 19.3 Å². The number of nitrogens with zero attached hydrogens (tertiary/aromatic N) is 3. The number of benzene rings is 2. The maximum absolute atomic E-state index is 13.2. The zero-order valence-electron chi connectivity index (χ0n) is 19.5. The van der Waals surface area contributed by atoms with Gasteiger partial charge in [0.2, 0.25) is 5.89 Å². The molecular formula is C25H29F3N4O2. The van der Waals surface area contributed by atoms with Gasteiger partial charge < -0.3 is 14.6 Å². The highest BCUT2D eigenvalue weighted by Gasteiger charge is 2.30. The molecule has 6 nitrogen and oxygen atoms in total. The Labute approximate surface area is 197 Å². The summed E-state index contributed by atoms with van der Waals surface area (Å²) in [5, 5.41) is 2.78. The first-order chi connectivity index (χ1) is 16.1. The van der Waals surface area contributed by atoms with Crippen molar-refractivity contribution in [2.45, 2.75) is 32.2 Å². The first-order valence-corrected chi connectivity index (χ1v) is 11.0. The average Bonchev–Trinajstić information content (AvgIpc) is 3.27. The number of halogens is 3. The van der Waals surface area contributed by atoms with Crippen molar-refractivity contribution < 1.29 is 22.4 Å². The molecule has 3 aromatic rings. The van der Waals surface area contributed by atoms with Crippen molar-refractivity contribution in [1.29, 1.82) is 0 Å². The summed E-state index contributed by atoms with van der Waals surface area (Å²) in [4.78, 5) is 20.6. The number of aromatic nitrogens is 1. The summed E-state index contributed by atoms with van der Waals surface area (Å²) in [5.41, 5.74) is 0.999. The lowest BCUT2D eigenvalue weighted by Crippen LogP contribution is -2.31. The van der Waals surface area contributed by atoms with E-state index in [-0.39, 0.29) is 30.7 Å². The van der Waals surface area contributed by atoms with Crippen LogP contribution in [0.25, 0.3) is 0 Å². The Kier molecular flexibility index (Phi) is 8.46. The highest BCUT2D eigenvalue weighted by atomic mass is 19.4. The molecule has 9 heteroatoms. The van der Waals surface area contributed by atoms with Crippen LogP contribution < -0.4 is 5.32 Å². The first-order valence-electron chi connectivity index (χ1n) is 11.0. The summed E-state index contributed by atoms with van der Waals surface area (Å²) < 4.78 is 45.2. The van der Waals surface area contributed by atoms with Gasteiger partial charge in [-0.1, -0.05) is 48.5 Å². The number of hydrogen-bond donors (Lipinski definition) is 1. The summed E-state index contributed by atoms with van der Waals surface area (Å²) >= 11 is 0. The summed E-state index contributed by atoms with van der Waals surface area (Å²) in [6.45, 7) is 3.60. The lowest BCUT2D eigenvalue weighted by Gasteiger charge is -2.28. The van der Waals surface area contributed by atoms with Crippen molar-refractivity contribution in [2.75, 3.05) is 27.2 Å². The van der Waals surface area contributed by atoms with E-state index in [0.717, 1.165) is 17.7 Å². The van der Waals surface area contributed by atoms with Crippen molar-refractivity contribution in [2.24, 2.45) is 0 Å². The Morgan fingerprint density at radius 1 is 1.09 bits per heavy atom. The van der Waals surface area contributed by atoms with E-state index in [2.05, 4.69) is 10.3 Å². The molecule has 0 fully saturated rings. The fraction of sp³-hybridized carbons (Fsp3) is 0.360. The molecule has 0 saturated carbocycles. The lowest BCUT2D eigenvalue weighted by atomic mass is 10.0. The van der Waals surface area contributed by atoms with Gasteiger partial charge in [-0.3, -0.25) is 9.69 Å². The van der Waals surface area contributed by atoms with Gasteiger partial charge >= 0.3 is 6.18 Å². The normalized spacial score (nSPS) is 12.8. The molecule has 0 aliphatic heterocycles. The molecule has 0 aliphatic rings. The molecule has 1 N–H and O–H groups in total. The van der Waals surface area contributed by atoms with Gasteiger partial charge in [0.05, 0.1) is 12.1 Å². The van der Waals surface area contributed by atoms with Gasteiger partial charge in [-0.2, -0.15) is 13.2 Å². The van der Waals surface area contributed by atoms with Gasteiger partial charge in [0.1, 0.15) is 6.26 Å². The van der Waals surface area contributed by atoms with Gasteiger partial charge in [-0.15, -0.1) is 0 Å². The molecule has 0 bridgehead atoms. The Morgan fingerprint density at radius 3 is 2.50 bits per heavy atom. The van der Waals surface area contributed by atoms with Crippen LogP contribution in [0.2, 0.25) is 0 Å². The van der Waals surface area contributed by atoms with Gasteiger partial charge in [-0.05, 0) is 38.2 Å². The monoisotopic (exact) mass is 474 g/mol. The quantitative estimate of drug-likeness (QED) is 0.460. The molecule has 0 saturated heterocycles. The maximum Gasteiger partial charge on any atom is 0.416 e. The fourth-order valence-electron chi connectivity index (χ4n) is 3.50. The van der Waals surface area contributed by atoms with E-state index in [1.165, 1.54) is 12.3 Å². The Morgan fingerprint density at radius 2 is 1.82 bits per heavy atom. The van der Waals surface area contributed by atoms with Crippen LogP contribution in [0, 0.1) is 0 Å². The fourth-order valence-corrected chi connectivity index (χ4v) is 3.50. The predicted molar refractivity (Wildman–Crippen MR) is 123 cm³/mol. The third kappa shape index (κ3) is 7.16. The van der Waals surface area contributed by atoms with E-state index < -0.39 is 11.7 Å². The van der Waals surface area contributed by atoms with Gasteiger partial charge in [-0.25, -0.2) is 4.98 Å². The van der Waals surface area contributed by atoms with E-state index in [9.17, 15) is 18.0 Å². The smallest absolute Gasteiger partial charge is 0.416 e. The molecule has 3 rings (SSSR count). The van der Waals surface area contributed by atoms with Crippen molar-refractivity contribution in [1.82, 2.24) is 20.1 Å². The van der Waals surface area contributed by atoms with E-state index in [4.69, 9.17) is 4.42 Å². The van der Waals surface area contributed by atoms with Crippen LogP contribution >= 0.6 is 0 Å². The molecule has 0 radical (unpaired) electrons. The third-order valence-electron chi connectivity index (χ3n) is 5.44. The van der Waals surface area contributed by atoms with E-state index in [0.29, 0.717) is 24.5 Å². The molecule has 1 aromatic heterocycles. The predicted octanol–water partition coefficient (Wildman–Crippen LogP) is 4.75. The standard InChI is InChI=1S/C25H29F3N4O2/c1-18(20-9-5-4-6-10-20)32(15-19-8-7-11-21(14-19)25(26,27)28)16-23-30-22(17-34-23)24(33)29-12-13-31(2)3/h4-11,14,17-18H,12-13,15-16H2,1-3H3,(H,29,33). The summed E-state index contributed by atoms with van der Waals surface area (Å²) in [6, 6.07) is 14.8. The molecular weight excluding hydrogens is 445 g/mol. The summed E-state index contributed by atoms with van der Waals surface area (Å²) in [5.74, 6) is -0.0232. The number of alkyl halides is 3. The number of carbonyl (C=O) groups excluding carboxylic acids is 1. The van der Waals surface area contributed by atoms with Crippen LogP contribution in [-0.4, -0.2) is 47.9 Å². The topological polar surface area (TPSA) is 61.6 Å². The summed E-state index contributed by atoms with van der Waals surface area (Å²) in [6.07, 6.45) is -3.11. The number of amides is 1. The second-order valence-corrected chi connectivity index (χ2v) is 8.38. The van der Waals surface area contributed by atoms with Crippen LogP contribution in [0.15, 0.2) is 65.3 Å². The van der Waals surface area contributed by atoms with Gasteiger partial charge in [0.25, 0.3) is 5.91 Å². The molecule has 1 amide bonds. The Hall–Kier alpha value is -3.17. The largest absolute Gasteiger partial charge is 0.447 e. The van der Waals surface area contributed by atoms with Crippen LogP contribution in [0.5, 0.6) is 0 Å². The average molecular weight is 475 g/mol. The minimum atomic E-state index is -4.41. The van der Waals surface area contributed by atoms with Crippen LogP contribution in [0.4, 0.5) is 13.2 Å². The van der Waals surface area contributed by atoms with Crippen molar-refractivity contribution in [3.8, 4) is 0 Å². The van der Waals surface area contributed by atoms with E-state index >= 15 is 0 Å². The van der Waals surface area contributed by atoms with Crippen molar-refractivity contribution >= 4 is 5.91 Å². The molecule has 1 unspecified atom stereocenters. The van der Waals surface area contributed by atoms with E-state index in [1.54, 1.807) is 6.07 Å². The van der Waals surface area contributed by atoms with Crippen LogP contribution in [0.3, 0.4) is 0 Å². The van der Waals surface area contributed by atoms with E-state index in [1.807, 2.05) is 61.2 Å². The number of nitrogens with one attached hydrogen (secondary N) is 1. The highest BCUT2D eigenvalue weighted by molar-refractivity contribution is 5.91. The first kappa shape index (κ1) is 25.5. The molecule has 1 atom stereocenters. The molecule has 1 heterocycles. The highest BCUT2D eigenvalue weighted by Crippen LogP contribution is 2.31. The minimum absolute atomic E-state index is 0.139. The molecule has 0 spiro atoms. The van der Waals surface area contributed by atoms with Gasteiger partial charge in [0, 0.05) is 25.7 Å². The molecule has 0 aliphatic carbocycles. The number of oxazole rings is 1.